The van der Waals surface area contributed by atoms with E-state index >= 15 is 8.78 Å². The number of nitrogens with zero attached hydrogens (tertiary/aromatic N) is 9. The number of benzene rings is 3. The standard InChI is InChI=1S/C61H67F2N11O5S/c1-6-45-48(62)17-14-40-8-7-9-46(53(40)45)55-54(63)56-47(27-64-55)58(73-30-42-15-16-43(31-73)67-42)69-61(68-56)78-23-22-71-20-18-37(19-21-71)24-38-28-72(29-38)51-26-50(79-70-51)52(34(2)3)60(77)74-32-44(75)25-49(74)59(76)66-35(4)39-10-12-41(13-11-39)57-36(5)65-33-80-57/h1,7-14,17,26-27,33-35,37-38,42-44,49,52,67,75H,15-16,18-25,28-32H2,2-5H3,(H,66,76)/t35-,42?,43?,44+,49-,52-/m0/s1. The molecule has 0 aliphatic carbocycles. The summed E-state index contributed by atoms with van der Waals surface area (Å²) in [5, 5.41) is 23.6. The van der Waals surface area contributed by atoms with Crippen molar-refractivity contribution in [1.82, 2.24) is 45.5 Å². The van der Waals surface area contributed by atoms with Crippen LogP contribution in [0.4, 0.5) is 20.4 Å². The molecule has 0 radical (unpaired) electrons. The van der Waals surface area contributed by atoms with Gasteiger partial charge in [0.1, 0.15) is 41.4 Å². The summed E-state index contributed by atoms with van der Waals surface area (Å²) in [6.07, 6.45) is 12.1. The smallest absolute Gasteiger partial charge is 0.319 e. The molecule has 3 N–H and O–H groups in total. The lowest BCUT2D eigenvalue weighted by molar-refractivity contribution is -0.141. The molecule has 416 valence electrons. The van der Waals surface area contributed by atoms with E-state index in [2.05, 4.69) is 51.4 Å². The Labute approximate surface area is 468 Å². The van der Waals surface area contributed by atoms with Gasteiger partial charge in [-0.1, -0.05) is 73.5 Å². The van der Waals surface area contributed by atoms with Crippen LogP contribution in [0, 0.1) is 48.7 Å². The van der Waals surface area contributed by atoms with Gasteiger partial charge in [-0.2, -0.15) is 9.97 Å². The molecule has 5 aliphatic rings. The van der Waals surface area contributed by atoms with Gasteiger partial charge in [0.05, 0.1) is 39.2 Å². The number of rotatable bonds is 16. The monoisotopic (exact) mass is 1100 g/mol. The number of piperidine rings is 1. The molecule has 12 rings (SSSR count). The van der Waals surface area contributed by atoms with Crippen LogP contribution in [0.2, 0.25) is 0 Å². The average Bonchev–Trinajstić information content (AvgIpc) is 4.29. The van der Waals surface area contributed by atoms with E-state index in [-0.39, 0.29) is 59.5 Å². The first-order valence-corrected chi connectivity index (χ1v) is 29.1. The number of anilines is 2. The number of fused-ring (bicyclic) bond motifs is 4. The highest BCUT2D eigenvalue weighted by molar-refractivity contribution is 7.13. The molecule has 2 amide bonds. The molecular weight excluding hydrogens is 1040 g/mol. The van der Waals surface area contributed by atoms with Crippen LogP contribution >= 0.6 is 11.3 Å². The fourth-order valence-corrected chi connectivity index (χ4v) is 13.8. The first kappa shape index (κ1) is 53.5. The molecule has 2 bridgehead atoms. The molecule has 80 heavy (non-hydrogen) atoms. The third-order valence-electron chi connectivity index (χ3n) is 17.2. The Morgan fingerprint density at radius 3 is 2.45 bits per heavy atom. The van der Waals surface area contributed by atoms with Gasteiger partial charge >= 0.3 is 6.01 Å². The molecule has 4 aromatic heterocycles. The highest BCUT2D eigenvalue weighted by Crippen LogP contribution is 2.40. The molecule has 5 aliphatic heterocycles. The minimum atomic E-state index is -0.821. The maximum atomic E-state index is 17.0. The number of hydrogen-bond acceptors (Lipinski definition) is 15. The molecule has 2 unspecified atom stereocenters. The lowest BCUT2D eigenvalue weighted by Gasteiger charge is -2.42. The zero-order valence-corrected chi connectivity index (χ0v) is 46.4. The number of nitrogens with one attached hydrogen (secondary N) is 2. The summed E-state index contributed by atoms with van der Waals surface area (Å²) in [5.74, 6) is 2.71. The summed E-state index contributed by atoms with van der Waals surface area (Å²) in [6.45, 7) is 13.9. The number of halogens is 2. The third-order valence-corrected chi connectivity index (χ3v) is 18.2. The molecule has 5 fully saturated rings. The van der Waals surface area contributed by atoms with Crippen molar-refractivity contribution in [2.24, 2.45) is 17.8 Å². The number of β-amino-alcohol motifs (C(OH)–C–C–N with tert-alkyl or cyclic N) is 1. The van der Waals surface area contributed by atoms with Crippen molar-refractivity contribution >= 4 is 56.5 Å². The Bertz CT molecular complexity index is 3470. The number of hydrogen-bond donors (Lipinski definition) is 3. The molecule has 0 spiro atoms. The number of terminal acetylenes is 1. The molecule has 16 nitrogen and oxygen atoms in total. The van der Waals surface area contributed by atoms with Crippen molar-refractivity contribution in [3.63, 3.8) is 0 Å². The summed E-state index contributed by atoms with van der Waals surface area (Å²) < 4.78 is 44.3. The number of likely N-dealkylation sites (tertiary alicyclic amines) is 2. The van der Waals surface area contributed by atoms with Gasteiger partial charge in [0, 0.05) is 81.0 Å². The molecule has 9 heterocycles. The maximum Gasteiger partial charge on any atom is 0.319 e. The van der Waals surface area contributed by atoms with Gasteiger partial charge in [-0.05, 0) is 99.4 Å². The highest BCUT2D eigenvalue weighted by atomic mass is 32.1. The Morgan fingerprint density at radius 2 is 1.73 bits per heavy atom. The van der Waals surface area contributed by atoms with E-state index in [4.69, 9.17) is 20.7 Å². The summed E-state index contributed by atoms with van der Waals surface area (Å²) >= 11 is 1.59. The number of carbonyl (C=O) groups is 2. The Hall–Kier alpha value is -7.11. The number of aryl methyl sites for hydroxylation is 1. The zero-order chi connectivity index (χ0) is 55.3. The van der Waals surface area contributed by atoms with Crippen LogP contribution in [0.15, 0.2) is 76.9 Å². The summed E-state index contributed by atoms with van der Waals surface area (Å²) in [5.41, 5.74) is 5.37. The number of aromatic nitrogens is 5. The largest absolute Gasteiger partial charge is 0.462 e. The first-order chi connectivity index (χ1) is 38.8. The lowest BCUT2D eigenvalue weighted by atomic mass is 9.83. The van der Waals surface area contributed by atoms with E-state index < -0.39 is 29.7 Å². The van der Waals surface area contributed by atoms with Gasteiger partial charge in [0.25, 0.3) is 0 Å². The van der Waals surface area contributed by atoms with E-state index in [9.17, 15) is 14.7 Å². The Balaban J connectivity index is 0.640. The molecule has 7 aromatic rings. The van der Waals surface area contributed by atoms with Gasteiger partial charge in [0.15, 0.2) is 17.4 Å². The minimum absolute atomic E-state index is 0.0281. The molecule has 19 heteroatoms. The van der Waals surface area contributed by atoms with Gasteiger partial charge in [-0.15, -0.1) is 17.8 Å². The van der Waals surface area contributed by atoms with Crippen LogP contribution in [0.25, 0.3) is 43.4 Å². The SMILES string of the molecule is C#Cc1c(F)ccc2cccc(-c3ncc4c(N5CC6CCC(C5)N6)nc(OCCN5CCC(CC6CN(c7cc([C@@H](C(=O)N8C[C@H](O)C[C@H]8C(=O)N[C@@H](C)c8ccc(-c9scnc9C)cc8)C(C)C)on7)C6)CC5)nc4c3F)c12. The van der Waals surface area contributed by atoms with Crippen LogP contribution in [-0.4, -0.2) is 135 Å². The van der Waals surface area contributed by atoms with Crippen LogP contribution in [0.5, 0.6) is 6.01 Å². The molecule has 3 aromatic carbocycles. The van der Waals surface area contributed by atoms with Crippen molar-refractivity contribution in [3.05, 3.63) is 107 Å². The molecule has 0 saturated carbocycles. The lowest BCUT2D eigenvalue weighted by Crippen LogP contribution is -2.51. The number of pyridine rings is 1. The average molecular weight is 1100 g/mol. The first-order valence-electron chi connectivity index (χ1n) is 28.2. The van der Waals surface area contributed by atoms with Crippen molar-refractivity contribution in [2.45, 2.75) is 102 Å². The Kier molecular flexibility index (Phi) is 15.0. The number of carbonyl (C=O) groups excluding carboxylic acids is 2. The highest BCUT2D eigenvalue weighted by Gasteiger charge is 2.44. The van der Waals surface area contributed by atoms with Crippen molar-refractivity contribution in [1.29, 1.82) is 0 Å². The summed E-state index contributed by atoms with van der Waals surface area (Å²) in [4.78, 5) is 56.2. The second kappa shape index (κ2) is 22.4. The fourth-order valence-electron chi connectivity index (χ4n) is 13.0. The number of piperazine rings is 1. The quantitative estimate of drug-likeness (QED) is 0.0783. The number of aliphatic hydroxyl groups excluding tert-OH is 1. The number of ether oxygens (including phenoxy) is 1. The van der Waals surface area contributed by atoms with Crippen LogP contribution < -0.4 is 25.2 Å². The van der Waals surface area contributed by atoms with Crippen molar-refractivity contribution in [3.8, 4) is 40.1 Å². The third kappa shape index (κ3) is 10.6. The van der Waals surface area contributed by atoms with Gasteiger partial charge in [0.2, 0.25) is 11.8 Å². The predicted octanol–water partition coefficient (Wildman–Crippen LogP) is 8.66. The van der Waals surface area contributed by atoms with E-state index in [1.165, 1.54) is 11.0 Å². The number of aliphatic hydroxyl groups is 1. The van der Waals surface area contributed by atoms with Crippen LogP contribution in [-0.2, 0) is 9.59 Å². The normalized spacial score (nSPS) is 21.6. The second-order valence-corrected chi connectivity index (χ2v) is 23.8. The predicted molar refractivity (Wildman–Crippen MR) is 304 cm³/mol. The molecule has 5 saturated heterocycles. The molecule has 6 atom stereocenters. The van der Waals surface area contributed by atoms with Crippen molar-refractivity contribution in [2.75, 3.05) is 68.8 Å². The van der Waals surface area contributed by atoms with E-state index in [0.29, 0.717) is 76.2 Å². The van der Waals surface area contributed by atoms with Gasteiger partial charge in [-0.25, -0.2) is 13.8 Å². The minimum Gasteiger partial charge on any atom is -0.462 e. The number of amides is 2. The summed E-state index contributed by atoms with van der Waals surface area (Å²) in [6, 6.07) is 17.8. The van der Waals surface area contributed by atoms with Gasteiger partial charge in [-0.3, -0.25) is 19.5 Å². The van der Waals surface area contributed by atoms with Crippen LogP contribution in [0.3, 0.4) is 0 Å². The second-order valence-electron chi connectivity index (χ2n) is 23.0. The summed E-state index contributed by atoms with van der Waals surface area (Å²) in [7, 11) is 0. The fraction of sp³-hybridized carbons (Fsp3) is 0.459. The maximum absolute atomic E-state index is 17.0. The van der Waals surface area contributed by atoms with Gasteiger partial charge < -0.3 is 39.7 Å². The van der Waals surface area contributed by atoms with E-state index in [1.807, 2.05) is 69.6 Å². The topological polar surface area (TPSA) is 178 Å². The van der Waals surface area contributed by atoms with E-state index in [1.54, 1.807) is 35.7 Å². The van der Waals surface area contributed by atoms with Crippen LogP contribution in [0.1, 0.15) is 93.8 Å². The zero-order valence-electron chi connectivity index (χ0n) is 45.6. The van der Waals surface area contributed by atoms with E-state index in [0.717, 1.165) is 93.1 Å². The number of thiazole rings is 1. The van der Waals surface area contributed by atoms with Crippen molar-refractivity contribution < 1.29 is 32.7 Å². The Morgan fingerprint density at radius 1 is 0.950 bits per heavy atom. The molecular formula is C61H67F2N11O5S.